The van der Waals surface area contributed by atoms with Crippen LogP contribution in [-0.2, 0) is 4.74 Å². The highest BCUT2D eigenvalue weighted by atomic mass is 16.5. The van der Waals surface area contributed by atoms with Gasteiger partial charge in [0.2, 0.25) is 0 Å². The Balaban J connectivity index is 2.28. The maximum atomic E-state index is 5.75. The third-order valence-corrected chi connectivity index (χ3v) is 3.47. The molecule has 17 heavy (non-hydrogen) atoms. The molecule has 0 aromatic carbocycles. The van der Waals surface area contributed by atoms with Gasteiger partial charge >= 0.3 is 0 Å². The second-order valence-electron chi connectivity index (χ2n) is 4.56. The summed E-state index contributed by atoms with van der Waals surface area (Å²) in [6, 6.07) is 4.38. The molecule has 1 aliphatic rings. The molecule has 0 aliphatic carbocycles. The minimum atomic E-state index is 0.206. The summed E-state index contributed by atoms with van der Waals surface area (Å²) in [5.74, 6) is 1.34. The lowest BCUT2D eigenvalue weighted by molar-refractivity contribution is 0.00521. The molecular formula is C12H20N4O. The summed E-state index contributed by atoms with van der Waals surface area (Å²) in [6.45, 7) is 7.15. The Hall–Kier alpha value is -1.36. The fourth-order valence-electron chi connectivity index (χ4n) is 2.22. The van der Waals surface area contributed by atoms with Crippen LogP contribution in [0.15, 0.2) is 12.1 Å². The molecule has 1 aliphatic heterocycles. The molecule has 1 aromatic rings. The first-order valence-corrected chi connectivity index (χ1v) is 6.12. The third-order valence-electron chi connectivity index (χ3n) is 3.47. The van der Waals surface area contributed by atoms with Gasteiger partial charge in [-0.15, -0.1) is 10.2 Å². The predicted octanol–water partition coefficient (Wildman–Crippen LogP) is 1.45. The van der Waals surface area contributed by atoms with Crippen molar-refractivity contribution >= 4 is 11.6 Å². The normalized spacial score (nSPS) is 29.4. The zero-order chi connectivity index (χ0) is 12.4. The molecule has 3 unspecified atom stereocenters. The Bertz CT molecular complexity index is 365. The summed E-state index contributed by atoms with van der Waals surface area (Å²) < 4.78 is 5.75. The van der Waals surface area contributed by atoms with E-state index in [4.69, 9.17) is 10.5 Å². The number of ether oxygens (including phenoxy) is 1. The third kappa shape index (κ3) is 2.34. The molecule has 5 nitrogen and oxygen atoms in total. The van der Waals surface area contributed by atoms with E-state index in [0.717, 1.165) is 18.8 Å². The van der Waals surface area contributed by atoms with E-state index in [2.05, 4.69) is 35.9 Å². The number of nitrogens with two attached hydrogens (primary N) is 1. The van der Waals surface area contributed by atoms with Crippen molar-refractivity contribution in [3.63, 3.8) is 0 Å². The highest BCUT2D eigenvalue weighted by molar-refractivity contribution is 5.44. The van der Waals surface area contributed by atoms with Gasteiger partial charge < -0.3 is 15.4 Å². The standard InChI is InChI=1S/C12H20N4O/c1-4-10-7-17-9(3)8(2)16(10)12-6-5-11(13)14-15-12/h5-6,8-10H,4,7H2,1-3H3,(H2,13,14). The lowest BCUT2D eigenvalue weighted by Crippen LogP contribution is -2.55. The molecule has 1 aromatic heterocycles. The van der Waals surface area contributed by atoms with Gasteiger partial charge in [-0.05, 0) is 32.4 Å². The van der Waals surface area contributed by atoms with Crippen molar-refractivity contribution in [3.05, 3.63) is 12.1 Å². The van der Waals surface area contributed by atoms with E-state index in [1.807, 2.05) is 6.07 Å². The molecule has 5 heteroatoms. The van der Waals surface area contributed by atoms with Crippen LogP contribution in [-0.4, -0.2) is 35.0 Å². The van der Waals surface area contributed by atoms with Crippen molar-refractivity contribution in [2.24, 2.45) is 0 Å². The lowest BCUT2D eigenvalue weighted by Gasteiger charge is -2.44. The number of nitrogens with zero attached hydrogens (tertiary/aromatic N) is 3. The van der Waals surface area contributed by atoms with E-state index in [1.165, 1.54) is 0 Å². The van der Waals surface area contributed by atoms with Gasteiger partial charge in [0.05, 0.1) is 24.8 Å². The van der Waals surface area contributed by atoms with E-state index < -0.39 is 0 Å². The molecule has 1 saturated heterocycles. The zero-order valence-corrected chi connectivity index (χ0v) is 10.6. The number of aromatic nitrogens is 2. The Morgan fingerprint density at radius 3 is 2.76 bits per heavy atom. The molecule has 0 amide bonds. The first kappa shape index (κ1) is 12.1. The average Bonchev–Trinajstić information content (AvgIpc) is 2.34. The second kappa shape index (κ2) is 4.87. The van der Waals surface area contributed by atoms with E-state index in [1.54, 1.807) is 6.07 Å². The predicted molar refractivity (Wildman–Crippen MR) is 67.9 cm³/mol. The molecule has 0 bridgehead atoms. The molecule has 0 radical (unpaired) electrons. The molecular weight excluding hydrogens is 216 g/mol. The van der Waals surface area contributed by atoms with Crippen LogP contribution >= 0.6 is 0 Å². The fourth-order valence-corrected chi connectivity index (χ4v) is 2.22. The fraction of sp³-hybridized carbons (Fsp3) is 0.667. The topological polar surface area (TPSA) is 64.3 Å². The number of hydrogen-bond acceptors (Lipinski definition) is 5. The minimum absolute atomic E-state index is 0.206. The first-order chi connectivity index (χ1) is 8.13. The maximum absolute atomic E-state index is 5.75. The van der Waals surface area contributed by atoms with E-state index >= 15 is 0 Å². The van der Waals surface area contributed by atoms with Gasteiger partial charge in [0.25, 0.3) is 0 Å². The van der Waals surface area contributed by atoms with Gasteiger partial charge in [-0.2, -0.15) is 0 Å². The molecule has 2 N–H and O–H groups in total. The van der Waals surface area contributed by atoms with Gasteiger partial charge in [0, 0.05) is 0 Å². The zero-order valence-electron chi connectivity index (χ0n) is 10.6. The Morgan fingerprint density at radius 1 is 1.41 bits per heavy atom. The summed E-state index contributed by atoms with van der Waals surface area (Å²) in [5.41, 5.74) is 5.57. The molecule has 2 rings (SSSR count). The van der Waals surface area contributed by atoms with Gasteiger partial charge in [0.1, 0.15) is 5.82 Å². The van der Waals surface area contributed by atoms with Gasteiger partial charge in [-0.25, -0.2) is 0 Å². The minimum Gasteiger partial charge on any atom is -0.382 e. The monoisotopic (exact) mass is 236 g/mol. The van der Waals surface area contributed by atoms with Crippen LogP contribution in [0.3, 0.4) is 0 Å². The molecule has 0 spiro atoms. The second-order valence-corrected chi connectivity index (χ2v) is 4.56. The van der Waals surface area contributed by atoms with Crippen molar-refractivity contribution in [3.8, 4) is 0 Å². The highest BCUT2D eigenvalue weighted by Gasteiger charge is 2.33. The van der Waals surface area contributed by atoms with Crippen LogP contribution in [0.25, 0.3) is 0 Å². The van der Waals surface area contributed by atoms with Crippen molar-refractivity contribution in [2.45, 2.75) is 45.4 Å². The summed E-state index contributed by atoms with van der Waals surface area (Å²) in [5, 5.41) is 8.11. The SMILES string of the molecule is CCC1COC(C)C(C)N1c1ccc(N)nn1. The van der Waals surface area contributed by atoms with Crippen molar-refractivity contribution in [1.29, 1.82) is 0 Å². The maximum Gasteiger partial charge on any atom is 0.152 e. The Labute approximate surface area is 102 Å². The van der Waals surface area contributed by atoms with E-state index in [9.17, 15) is 0 Å². The number of anilines is 2. The Morgan fingerprint density at radius 2 is 2.18 bits per heavy atom. The molecule has 0 saturated carbocycles. The van der Waals surface area contributed by atoms with Crippen molar-refractivity contribution in [1.82, 2.24) is 10.2 Å². The van der Waals surface area contributed by atoms with E-state index in [0.29, 0.717) is 17.9 Å². The number of rotatable bonds is 2. The first-order valence-electron chi connectivity index (χ1n) is 6.12. The molecule has 3 atom stereocenters. The van der Waals surface area contributed by atoms with Gasteiger partial charge in [0.15, 0.2) is 5.82 Å². The summed E-state index contributed by atoms with van der Waals surface area (Å²) in [4.78, 5) is 2.29. The van der Waals surface area contributed by atoms with Crippen molar-refractivity contribution < 1.29 is 4.74 Å². The van der Waals surface area contributed by atoms with Gasteiger partial charge in [-0.1, -0.05) is 6.92 Å². The molecule has 2 heterocycles. The Kier molecular flexibility index (Phi) is 3.47. The summed E-state index contributed by atoms with van der Waals surface area (Å²) >= 11 is 0. The number of morpholine rings is 1. The van der Waals surface area contributed by atoms with Crippen molar-refractivity contribution in [2.75, 3.05) is 17.2 Å². The largest absolute Gasteiger partial charge is 0.382 e. The highest BCUT2D eigenvalue weighted by Crippen LogP contribution is 2.26. The smallest absolute Gasteiger partial charge is 0.152 e. The van der Waals surface area contributed by atoms with Crippen LogP contribution in [0.2, 0.25) is 0 Å². The van der Waals surface area contributed by atoms with Crippen LogP contribution in [0.4, 0.5) is 11.6 Å². The van der Waals surface area contributed by atoms with Crippen LogP contribution in [0, 0.1) is 0 Å². The van der Waals surface area contributed by atoms with Crippen LogP contribution < -0.4 is 10.6 Å². The number of nitrogen functional groups attached to an aromatic ring is 1. The van der Waals surface area contributed by atoms with Crippen LogP contribution in [0.1, 0.15) is 27.2 Å². The van der Waals surface area contributed by atoms with E-state index in [-0.39, 0.29) is 6.10 Å². The summed E-state index contributed by atoms with van der Waals surface area (Å²) in [7, 11) is 0. The van der Waals surface area contributed by atoms with Gasteiger partial charge in [-0.3, -0.25) is 0 Å². The lowest BCUT2D eigenvalue weighted by atomic mass is 10.0. The molecule has 94 valence electrons. The van der Waals surface area contributed by atoms with Crippen LogP contribution in [0.5, 0.6) is 0 Å². The quantitative estimate of drug-likeness (QED) is 0.842. The molecule has 1 fully saturated rings. The number of hydrogen-bond donors (Lipinski definition) is 1. The summed E-state index contributed by atoms with van der Waals surface area (Å²) in [6.07, 6.45) is 1.24. The average molecular weight is 236 g/mol.